The molecule has 1 atom stereocenters. The second-order valence-electron chi connectivity index (χ2n) is 4.20. The second kappa shape index (κ2) is 5.22. The summed E-state index contributed by atoms with van der Waals surface area (Å²) in [7, 11) is -1.36. The summed E-state index contributed by atoms with van der Waals surface area (Å²) in [5, 5.41) is 0. The minimum Gasteiger partial charge on any atom is -0.463 e. The van der Waals surface area contributed by atoms with Crippen molar-refractivity contribution in [3.05, 3.63) is 12.2 Å². The minimum atomic E-state index is -1.36. The van der Waals surface area contributed by atoms with Gasteiger partial charge in [0.05, 0.1) is 13.8 Å². The summed E-state index contributed by atoms with van der Waals surface area (Å²) in [6.45, 7) is 10.5. The molecule has 0 spiro atoms. The van der Waals surface area contributed by atoms with Crippen LogP contribution in [0.5, 0.6) is 0 Å². The lowest BCUT2D eigenvalue weighted by Gasteiger charge is -2.26. The Morgan fingerprint density at radius 1 is 1.46 bits per heavy atom. The third-order valence-corrected chi connectivity index (χ3v) is 4.36. The molecule has 0 fully saturated rings. The molecule has 0 amide bonds. The molecular formula is C10H20O2Si. The molecule has 0 bridgehead atoms. The fraction of sp³-hybridized carbons (Fsp3) is 0.700. The molecule has 0 saturated heterocycles. The van der Waals surface area contributed by atoms with E-state index < -0.39 is 8.07 Å². The van der Waals surface area contributed by atoms with Crippen molar-refractivity contribution in [2.45, 2.75) is 45.6 Å². The van der Waals surface area contributed by atoms with Crippen LogP contribution in [0, 0.1) is 0 Å². The average Bonchev–Trinajstić information content (AvgIpc) is 1.98. The monoisotopic (exact) mass is 200 g/mol. The maximum atomic E-state index is 11.2. The highest BCUT2D eigenvalue weighted by Crippen LogP contribution is 2.15. The van der Waals surface area contributed by atoms with Crippen LogP contribution in [-0.4, -0.2) is 19.8 Å². The first-order valence-corrected chi connectivity index (χ1v) is 8.32. The van der Waals surface area contributed by atoms with E-state index in [0.29, 0.717) is 0 Å². The van der Waals surface area contributed by atoms with Gasteiger partial charge in [0.15, 0.2) is 0 Å². The predicted molar refractivity (Wildman–Crippen MR) is 58.3 cm³/mol. The van der Waals surface area contributed by atoms with Gasteiger partial charge in [-0.05, 0) is 13.3 Å². The van der Waals surface area contributed by atoms with E-state index in [4.69, 9.17) is 4.74 Å². The van der Waals surface area contributed by atoms with E-state index in [9.17, 15) is 4.79 Å². The molecule has 0 aliphatic rings. The Morgan fingerprint density at radius 2 is 2.00 bits per heavy atom. The quantitative estimate of drug-likeness (QED) is 0.396. The Hall–Kier alpha value is -0.573. The largest absolute Gasteiger partial charge is 0.463 e. The van der Waals surface area contributed by atoms with E-state index in [1.807, 2.05) is 6.92 Å². The summed E-state index contributed by atoms with van der Waals surface area (Å²) in [6.07, 6.45) is 4.10. The summed E-state index contributed by atoms with van der Waals surface area (Å²) in [5.41, 5.74) is 0.135. The van der Waals surface area contributed by atoms with Gasteiger partial charge in [0.1, 0.15) is 0 Å². The van der Waals surface area contributed by atoms with Crippen LogP contribution in [0.2, 0.25) is 19.6 Å². The number of esters is 1. The van der Waals surface area contributed by atoms with E-state index in [1.54, 1.807) is 6.08 Å². The van der Waals surface area contributed by atoms with Crippen LogP contribution in [0.25, 0.3) is 0 Å². The Bertz CT molecular complexity index is 192. The van der Waals surface area contributed by atoms with Crippen LogP contribution in [0.1, 0.15) is 20.3 Å². The van der Waals surface area contributed by atoms with Crippen molar-refractivity contribution in [2.24, 2.45) is 0 Å². The summed E-state index contributed by atoms with van der Waals surface area (Å²) in [4.78, 5) is 11.2. The first kappa shape index (κ1) is 12.4. The molecule has 0 aliphatic carbocycles. The van der Waals surface area contributed by atoms with E-state index in [2.05, 4.69) is 26.6 Å². The van der Waals surface area contributed by atoms with Gasteiger partial charge in [-0.15, -0.1) is 0 Å². The van der Waals surface area contributed by atoms with Crippen LogP contribution in [0.15, 0.2) is 12.2 Å². The lowest BCUT2D eigenvalue weighted by Crippen LogP contribution is -2.40. The Morgan fingerprint density at radius 3 is 2.31 bits per heavy atom. The van der Waals surface area contributed by atoms with E-state index in [-0.39, 0.29) is 11.7 Å². The molecule has 0 saturated carbocycles. The fourth-order valence-electron chi connectivity index (χ4n) is 1.19. The lowest BCUT2D eigenvalue weighted by atomic mass is 10.5. The Labute approximate surface area is 82.0 Å². The maximum Gasteiger partial charge on any atom is 0.330 e. The highest BCUT2D eigenvalue weighted by molar-refractivity contribution is 6.77. The topological polar surface area (TPSA) is 26.3 Å². The first-order chi connectivity index (χ1) is 5.91. The molecule has 0 aromatic heterocycles. The van der Waals surface area contributed by atoms with Crippen molar-refractivity contribution in [1.82, 2.24) is 0 Å². The molecule has 2 nitrogen and oxygen atoms in total. The molecule has 0 radical (unpaired) electrons. The summed E-state index contributed by atoms with van der Waals surface area (Å²) < 4.78 is 5.34. The van der Waals surface area contributed by atoms with Gasteiger partial charge in [-0.2, -0.15) is 0 Å². The van der Waals surface area contributed by atoms with Crippen LogP contribution in [0.4, 0.5) is 0 Å². The van der Waals surface area contributed by atoms with Crippen LogP contribution in [0.3, 0.4) is 0 Å². The van der Waals surface area contributed by atoms with Crippen LogP contribution < -0.4 is 0 Å². The van der Waals surface area contributed by atoms with Crippen LogP contribution in [-0.2, 0) is 9.53 Å². The van der Waals surface area contributed by atoms with Gasteiger partial charge in [0, 0.05) is 6.08 Å². The highest BCUT2D eigenvalue weighted by atomic mass is 28.3. The first-order valence-electron chi connectivity index (χ1n) is 4.75. The molecule has 0 aromatic carbocycles. The van der Waals surface area contributed by atoms with Crippen LogP contribution >= 0.6 is 0 Å². The van der Waals surface area contributed by atoms with Gasteiger partial charge in [-0.3, -0.25) is 0 Å². The average molecular weight is 200 g/mol. The van der Waals surface area contributed by atoms with Crippen molar-refractivity contribution in [3.63, 3.8) is 0 Å². The molecule has 13 heavy (non-hydrogen) atoms. The van der Waals surface area contributed by atoms with E-state index in [0.717, 1.165) is 6.42 Å². The van der Waals surface area contributed by atoms with Gasteiger partial charge < -0.3 is 4.74 Å². The zero-order valence-corrected chi connectivity index (χ0v) is 10.3. The van der Waals surface area contributed by atoms with Gasteiger partial charge in [-0.1, -0.05) is 32.6 Å². The number of ether oxygens (including phenoxy) is 1. The summed E-state index contributed by atoms with van der Waals surface area (Å²) in [6, 6.07) is 0. The number of carbonyl (C=O) groups is 1. The number of hydrogen-bond acceptors (Lipinski definition) is 2. The number of rotatable bonds is 4. The second-order valence-corrected chi connectivity index (χ2v) is 9.58. The standard InChI is InChI=1S/C10H20O2Si/c1-6-8-9(11)12-10(7-2)13(3,4)5/h6,8,10H,7H2,1-5H3. The molecule has 0 aromatic rings. The van der Waals surface area contributed by atoms with Gasteiger partial charge in [0.2, 0.25) is 0 Å². The van der Waals surface area contributed by atoms with Gasteiger partial charge >= 0.3 is 5.97 Å². The number of hydrogen-bond donors (Lipinski definition) is 0. The molecule has 0 heterocycles. The zero-order valence-electron chi connectivity index (χ0n) is 9.26. The molecule has 0 aliphatic heterocycles. The Kier molecular flexibility index (Phi) is 4.99. The molecule has 3 heteroatoms. The van der Waals surface area contributed by atoms with E-state index in [1.165, 1.54) is 6.08 Å². The number of allylic oxidation sites excluding steroid dienone is 1. The zero-order chi connectivity index (χ0) is 10.5. The summed E-state index contributed by atoms with van der Waals surface area (Å²) in [5.74, 6) is -0.211. The van der Waals surface area contributed by atoms with Crippen molar-refractivity contribution in [2.75, 3.05) is 0 Å². The Balaban J connectivity index is 4.22. The fourth-order valence-corrected chi connectivity index (χ4v) is 2.88. The smallest absolute Gasteiger partial charge is 0.330 e. The van der Waals surface area contributed by atoms with Crippen molar-refractivity contribution < 1.29 is 9.53 Å². The van der Waals surface area contributed by atoms with E-state index >= 15 is 0 Å². The third kappa shape index (κ3) is 4.88. The van der Waals surface area contributed by atoms with Gasteiger partial charge in [-0.25, -0.2) is 4.79 Å². The van der Waals surface area contributed by atoms with Crippen molar-refractivity contribution in [3.8, 4) is 0 Å². The maximum absolute atomic E-state index is 11.2. The lowest BCUT2D eigenvalue weighted by molar-refractivity contribution is -0.140. The molecule has 1 unspecified atom stereocenters. The molecular weight excluding hydrogens is 180 g/mol. The highest BCUT2D eigenvalue weighted by Gasteiger charge is 2.27. The predicted octanol–water partition coefficient (Wildman–Crippen LogP) is 2.76. The normalized spacial score (nSPS) is 14.5. The van der Waals surface area contributed by atoms with Crippen molar-refractivity contribution in [1.29, 1.82) is 0 Å². The van der Waals surface area contributed by atoms with Gasteiger partial charge in [0.25, 0.3) is 0 Å². The number of carbonyl (C=O) groups excluding carboxylic acids is 1. The minimum absolute atomic E-state index is 0.135. The van der Waals surface area contributed by atoms with Crippen molar-refractivity contribution >= 4 is 14.0 Å². The molecule has 0 N–H and O–H groups in total. The SMILES string of the molecule is CC=CC(=O)OC(CC)[Si](C)(C)C. The third-order valence-electron chi connectivity index (χ3n) is 1.90. The molecule has 76 valence electrons. The molecule has 0 rings (SSSR count). The summed E-state index contributed by atoms with van der Waals surface area (Å²) >= 11 is 0.